The molecule has 4 rings (SSSR count). The summed E-state index contributed by atoms with van der Waals surface area (Å²) >= 11 is 0. The minimum Gasteiger partial charge on any atom is -0.424 e. The van der Waals surface area contributed by atoms with Gasteiger partial charge in [-0.15, -0.1) is 10.2 Å². The number of benzene rings is 1. The van der Waals surface area contributed by atoms with Gasteiger partial charge in [-0.2, -0.15) is 0 Å². The van der Waals surface area contributed by atoms with E-state index in [0.717, 1.165) is 44.8 Å². The molecule has 2 fully saturated rings. The number of anilines is 1. The average Bonchev–Trinajstić information content (AvgIpc) is 3.22. The Hall–Kier alpha value is -2.25. The first-order valence-corrected chi connectivity index (χ1v) is 8.82. The van der Waals surface area contributed by atoms with Crippen LogP contribution in [0.2, 0.25) is 0 Å². The van der Waals surface area contributed by atoms with Crippen LogP contribution in [0.25, 0.3) is 0 Å². The van der Waals surface area contributed by atoms with Crippen molar-refractivity contribution in [3.8, 4) is 0 Å². The minimum atomic E-state index is 0.00741. The van der Waals surface area contributed by atoms with Crippen LogP contribution in [0.5, 0.6) is 0 Å². The van der Waals surface area contributed by atoms with E-state index in [1.165, 1.54) is 0 Å². The molecule has 1 aromatic carbocycles. The lowest BCUT2D eigenvalue weighted by atomic mass is 10.2. The van der Waals surface area contributed by atoms with E-state index >= 15 is 0 Å². The van der Waals surface area contributed by atoms with E-state index in [0.29, 0.717) is 18.3 Å². The summed E-state index contributed by atoms with van der Waals surface area (Å²) < 4.78 is 5.45. The Morgan fingerprint density at radius 3 is 2.52 bits per heavy atom. The molecule has 7 heteroatoms. The van der Waals surface area contributed by atoms with Gasteiger partial charge in [0, 0.05) is 45.3 Å². The van der Waals surface area contributed by atoms with Gasteiger partial charge in [-0.3, -0.25) is 14.6 Å². The Morgan fingerprint density at radius 2 is 1.84 bits per heavy atom. The van der Waals surface area contributed by atoms with Crippen molar-refractivity contribution in [3.05, 3.63) is 42.1 Å². The lowest BCUT2D eigenvalue weighted by molar-refractivity contribution is -0.122. The van der Waals surface area contributed by atoms with Crippen LogP contribution < -0.4 is 4.90 Å². The van der Waals surface area contributed by atoms with E-state index in [1.54, 1.807) is 6.92 Å². The quantitative estimate of drug-likeness (QED) is 0.835. The monoisotopic (exact) mass is 341 g/mol. The maximum atomic E-state index is 12.8. The van der Waals surface area contributed by atoms with Gasteiger partial charge < -0.3 is 9.32 Å². The highest BCUT2D eigenvalue weighted by molar-refractivity contribution is 5.99. The molecule has 0 N–H and O–H groups in total. The summed E-state index contributed by atoms with van der Waals surface area (Å²) in [5.74, 6) is 1.50. The second-order valence-electron chi connectivity index (χ2n) is 6.66. The third-order valence-corrected chi connectivity index (χ3v) is 5.02. The first-order chi connectivity index (χ1) is 12.2. The van der Waals surface area contributed by atoms with Crippen LogP contribution in [0.15, 0.2) is 34.7 Å². The number of rotatable bonds is 4. The molecule has 1 atom stereocenters. The molecule has 2 saturated heterocycles. The van der Waals surface area contributed by atoms with Gasteiger partial charge in [-0.1, -0.05) is 18.2 Å². The predicted octanol–water partition coefficient (Wildman–Crippen LogP) is 1.30. The molecule has 132 valence electrons. The summed E-state index contributed by atoms with van der Waals surface area (Å²) in [5, 5.41) is 7.93. The van der Waals surface area contributed by atoms with E-state index in [9.17, 15) is 4.79 Å². The van der Waals surface area contributed by atoms with Crippen LogP contribution in [0.1, 0.15) is 18.2 Å². The molecule has 2 aromatic rings. The second-order valence-corrected chi connectivity index (χ2v) is 6.66. The minimum absolute atomic E-state index is 0.00741. The molecular formula is C18H23N5O2. The molecular weight excluding hydrogens is 318 g/mol. The van der Waals surface area contributed by atoms with Crippen LogP contribution in [0.3, 0.4) is 0 Å². The molecule has 1 amide bonds. The van der Waals surface area contributed by atoms with Crippen molar-refractivity contribution in [3.63, 3.8) is 0 Å². The van der Waals surface area contributed by atoms with Crippen molar-refractivity contribution in [2.75, 3.05) is 37.6 Å². The molecule has 3 heterocycles. The summed E-state index contributed by atoms with van der Waals surface area (Å²) in [7, 11) is 0. The third-order valence-electron chi connectivity index (χ3n) is 5.02. The zero-order valence-corrected chi connectivity index (χ0v) is 14.5. The highest BCUT2D eigenvalue weighted by Crippen LogP contribution is 2.25. The molecule has 1 unspecified atom stereocenters. The number of hydrogen-bond donors (Lipinski definition) is 0. The van der Waals surface area contributed by atoms with Crippen LogP contribution >= 0.6 is 0 Å². The number of piperazine rings is 1. The molecule has 0 spiro atoms. The molecule has 7 nitrogen and oxygen atoms in total. The van der Waals surface area contributed by atoms with Crippen LogP contribution in [-0.2, 0) is 11.3 Å². The zero-order valence-electron chi connectivity index (χ0n) is 14.5. The second kappa shape index (κ2) is 6.93. The van der Waals surface area contributed by atoms with Gasteiger partial charge in [0.2, 0.25) is 17.7 Å². The highest BCUT2D eigenvalue weighted by Gasteiger charge is 2.37. The van der Waals surface area contributed by atoms with Gasteiger partial charge in [0.25, 0.3) is 0 Å². The summed E-state index contributed by atoms with van der Waals surface area (Å²) in [6, 6.07) is 9.95. The number of nitrogens with zero attached hydrogens (tertiary/aromatic N) is 5. The molecule has 2 aliphatic heterocycles. The van der Waals surface area contributed by atoms with Crippen molar-refractivity contribution in [1.82, 2.24) is 20.0 Å². The first kappa shape index (κ1) is 16.2. The Balaban J connectivity index is 1.33. The third kappa shape index (κ3) is 3.43. The number of hydrogen-bond acceptors (Lipinski definition) is 6. The normalized spacial score (nSPS) is 22.7. The Kier molecular flexibility index (Phi) is 4.50. The number of aryl methyl sites for hydroxylation is 1. The van der Waals surface area contributed by atoms with Gasteiger partial charge >= 0.3 is 0 Å². The summed E-state index contributed by atoms with van der Waals surface area (Å²) in [6.07, 6.45) is 0.899. The molecule has 2 aliphatic rings. The van der Waals surface area contributed by atoms with Crippen LogP contribution in [0.4, 0.5) is 5.69 Å². The molecule has 0 aliphatic carbocycles. The largest absolute Gasteiger partial charge is 0.424 e. The Labute approximate surface area is 147 Å². The van der Waals surface area contributed by atoms with Crippen molar-refractivity contribution in [2.24, 2.45) is 0 Å². The van der Waals surface area contributed by atoms with Crippen LogP contribution in [0, 0.1) is 6.92 Å². The lowest BCUT2D eigenvalue weighted by Gasteiger charge is -2.36. The van der Waals surface area contributed by atoms with Gasteiger partial charge in [0.05, 0.1) is 12.6 Å². The fourth-order valence-electron chi connectivity index (χ4n) is 3.69. The number of para-hydroxylation sites is 1. The SMILES string of the molecule is Cc1nnc(CN2CCN(C3CCN(c4ccccc4)C3=O)CC2)o1. The fraction of sp³-hybridized carbons (Fsp3) is 0.500. The maximum absolute atomic E-state index is 12.8. The molecule has 0 bridgehead atoms. The average molecular weight is 341 g/mol. The summed E-state index contributed by atoms with van der Waals surface area (Å²) in [4.78, 5) is 19.4. The molecule has 0 radical (unpaired) electrons. The van der Waals surface area contributed by atoms with E-state index in [2.05, 4.69) is 20.0 Å². The van der Waals surface area contributed by atoms with Crippen molar-refractivity contribution < 1.29 is 9.21 Å². The molecule has 1 aromatic heterocycles. The number of aromatic nitrogens is 2. The van der Waals surface area contributed by atoms with E-state index in [-0.39, 0.29) is 11.9 Å². The Bertz CT molecular complexity index is 724. The van der Waals surface area contributed by atoms with Crippen molar-refractivity contribution in [2.45, 2.75) is 25.9 Å². The highest BCUT2D eigenvalue weighted by atomic mass is 16.4. The molecule has 0 saturated carbocycles. The Morgan fingerprint density at radius 1 is 1.08 bits per heavy atom. The van der Waals surface area contributed by atoms with E-state index in [1.807, 2.05) is 35.2 Å². The van der Waals surface area contributed by atoms with Gasteiger partial charge in [-0.25, -0.2) is 0 Å². The standard InChI is InChI=1S/C18H23N5O2/c1-14-19-20-17(25-14)13-21-9-11-22(12-10-21)16-7-8-23(18(16)24)15-5-3-2-4-6-15/h2-6,16H,7-13H2,1H3. The van der Waals surface area contributed by atoms with Crippen molar-refractivity contribution >= 4 is 11.6 Å². The first-order valence-electron chi connectivity index (χ1n) is 8.82. The van der Waals surface area contributed by atoms with Crippen molar-refractivity contribution in [1.29, 1.82) is 0 Å². The van der Waals surface area contributed by atoms with Crippen LogP contribution in [-0.4, -0.2) is 64.7 Å². The summed E-state index contributed by atoms with van der Waals surface area (Å²) in [6.45, 7) is 6.91. The van der Waals surface area contributed by atoms with E-state index in [4.69, 9.17) is 4.42 Å². The predicted molar refractivity (Wildman–Crippen MR) is 93.1 cm³/mol. The number of amides is 1. The lowest BCUT2D eigenvalue weighted by Crippen LogP contribution is -2.52. The van der Waals surface area contributed by atoms with E-state index < -0.39 is 0 Å². The smallest absolute Gasteiger partial charge is 0.244 e. The maximum Gasteiger partial charge on any atom is 0.244 e. The van der Waals surface area contributed by atoms with Gasteiger partial charge in [0.15, 0.2) is 0 Å². The fourth-order valence-corrected chi connectivity index (χ4v) is 3.69. The summed E-state index contributed by atoms with van der Waals surface area (Å²) in [5.41, 5.74) is 1.00. The zero-order chi connectivity index (χ0) is 17.2. The molecule has 25 heavy (non-hydrogen) atoms. The number of carbonyl (C=O) groups excluding carboxylic acids is 1. The topological polar surface area (TPSA) is 65.7 Å². The number of carbonyl (C=O) groups is 1. The van der Waals surface area contributed by atoms with Gasteiger partial charge in [0.1, 0.15) is 0 Å². The van der Waals surface area contributed by atoms with Gasteiger partial charge in [-0.05, 0) is 18.6 Å².